The maximum Gasteiger partial charge on any atom is 0.325 e. The topological polar surface area (TPSA) is 55.4 Å². The van der Waals surface area contributed by atoms with E-state index in [0.29, 0.717) is 0 Å². The first-order valence-electron chi connectivity index (χ1n) is 7.80. The fourth-order valence-electron chi connectivity index (χ4n) is 2.52. The fourth-order valence-corrected chi connectivity index (χ4v) is 2.52. The van der Waals surface area contributed by atoms with E-state index in [1.807, 2.05) is 42.5 Å². The van der Waals surface area contributed by atoms with Gasteiger partial charge in [-0.25, -0.2) is 4.39 Å². The molecule has 1 amide bonds. The molecule has 126 valence electrons. The Morgan fingerprint density at radius 2 is 1.64 bits per heavy atom. The Kier molecular flexibility index (Phi) is 5.04. The van der Waals surface area contributed by atoms with Gasteiger partial charge < -0.3 is 10.1 Å². The Balaban J connectivity index is 1.56. The Bertz CT molecular complexity index is 918. The van der Waals surface area contributed by atoms with Gasteiger partial charge in [0.25, 0.3) is 5.91 Å². The SMILES string of the molecule is O=C(CNC(=O)c1ccccc1F)OCc1cccc2ccccc12. The number of esters is 1. The monoisotopic (exact) mass is 337 g/mol. The van der Waals surface area contributed by atoms with Crippen LogP contribution in [0.25, 0.3) is 10.8 Å². The Morgan fingerprint density at radius 3 is 2.48 bits per heavy atom. The van der Waals surface area contributed by atoms with Gasteiger partial charge in [-0.1, -0.05) is 54.6 Å². The van der Waals surface area contributed by atoms with Crippen LogP contribution in [0.1, 0.15) is 15.9 Å². The van der Waals surface area contributed by atoms with Crippen molar-refractivity contribution in [2.45, 2.75) is 6.61 Å². The number of rotatable bonds is 5. The molecule has 3 aromatic carbocycles. The summed E-state index contributed by atoms with van der Waals surface area (Å²) < 4.78 is 18.7. The number of hydrogen-bond acceptors (Lipinski definition) is 3. The predicted octanol–water partition coefficient (Wildman–Crippen LogP) is 3.45. The molecular formula is C20H16FNO3. The molecule has 25 heavy (non-hydrogen) atoms. The number of benzene rings is 3. The third-order valence-electron chi connectivity index (χ3n) is 3.78. The molecule has 0 aliphatic heterocycles. The van der Waals surface area contributed by atoms with Crippen molar-refractivity contribution in [3.63, 3.8) is 0 Å². The molecule has 0 saturated carbocycles. The number of nitrogens with one attached hydrogen (secondary N) is 1. The summed E-state index contributed by atoms with van der Waals surface area (Å²) in [4.78, 5) is 23.7. The fraction of sp³-hybridized carbons (Fsp3) is 0.100. The first-order valence-corrected chi connectivity index (χ1v) is 7.80. The second kappa shape index (κ2) is 7.57. The van der Waals surface area contributed by atoms with E-state index >= 15 is 0 Å². The van der Waals surface area contributed by atoms with Crippen LogP contribution in [0, 0.1) is 5.82 Å². The normalized spacial score (nSPS) is 10.4. The third-order valence-corrected chi connectivity index (χ3v) is 3.78. The summed E-state index contributed by atoms with van der Waals surface area (Å²) in [6.07, 6.45) is 0. The molecule has 1 N–H and O–H groups in total. The van der Waals surface area contributed by atoms with Gasteiger partial charge >= 0.3 is 5.97 Å². The molecule has 0 saturated heterocycles. The van der Waals surface area contributed by atoms with Gasteiger partial charge in [0.2, 0.25) is 0 Å². The summed E-state index contributed by atoms with van der Waals surface area (Å²) in [7, 11) is 0. The van der Waals surface area contributed by atoms with Crippen molar-refractivity contribution >= 4 is 22.6 Å². The lowest BCUT2D eigenvalue weighted by Gasteiger charge is -2.09. The van der Waals surface area contributed by atoms with Gasteiger partial charge in [-0.2, -0.15) is 0 Å². The lowest BCUT2D eigenvalue weighted by atomic mass is 10.1. The molecule has 0 spiro atoms. The number of fused-ring (bicyclic) bond motifs is 1. The Hall–Kier alpha value is -3.21. The number of carbonyl (C=O) groups excluding carboxylic acids is 2. The summed E-state index contributed by atoms with van der Waals surface area (Å²) in [5, 5.41) is 4.43. The highest BCUT2D eigenvalue weighted by molar-refractivity contribution is 5.96. The van der Waals surface area contributed by atoms with E-state index in [1.54, 1.807) is 6.07 Å². The van der Waals surface area contributed by atoms with E-state index in [9.17, 15) is 14.0 Å². The lowest BCUT2D eigenvalue weighted by molar-refractivity contribution is -0.143. The second-order valence-corrected chi connectivity index (χ2v) is 5.46. The van der Waals surface area contributed by atoms with E-state index in [1.165, 1.54) is 18.2 Å². The molecular weight excluding hydrogens is 321 g/mol. The van der Waals surface area contributed by atoms with Gasteiger partial charge in [0.05, 0.1) is 5.56 Å². The number of ether oxygens (including phenoxy) is 1. The maximum absolute atomic E-state index is 13.5. The van der Waals surface area contributed by atoms with Crippen molar-refractivity contribution < 1.29 is 18.7 Å². The number of hydrogen-bond donors (Lipinski definition) is 1. The first kappa shape index (κ1) is 16.6. The van der Waals surface area contributed by atoms with Crippen molar-refractivity contribution in [2.24, 2.45) is 0 Å². The molecule has 0 radical (unpaired) electrons. The smallest absolute Gasteiger partial charge is 0.325 e. The van der Waals surface area contributed by atoms with Crippen LogP contribution in [0.4, 0.5) is 4.39 Å². The van der Waals surface area contributed by atoms with Gasteiger partial charge in [-0.3, -0.25) is 9.59 Å². The molecule has 0 bridgehead atoms. The Labute approximate surface area is 144 Å². The summed E-state index contributed by atoms with van der Waals surface area (Å²) in [6.45, 7) is -0.215. The summed E-state index contributed by atoms with van der Waals surface area (Å²) >= 11 is 0. The van der Waals surface area contributed by atoms with E-state index in [-0.39, 0.29) is 18.7 Å². The second-order valence-electron chi connectivity index (χ2n) is 5.46. The Morgan fingerprint density at radius 1 is 0.920 bits per heavy atom. The molecule has 0 heterocycles. The van der Waals surface area contributed by atoms with Crippen LogP contribution in [0.3, 0.4) is 0 Å². The summed E-state index contributed by atoms with van der Waals surface area (Å²) in [5.74, 6) is -1.87. The van der Waals surface area contributed by atoms with Gasteiger partial charge in [0, 0.05) is 0 Å². The van der Waals surface area contributed by atoms with E-state index in [0.717, 1.165) is 16.3 Å². The number of amides is 1. The van der Waals surface area contributed by atoms with Crippen LogP contribution < -0.4 is 5.32 Å². The molecule has 0 aromatic heterocycles. The van der Waals surface area contributed by atoms with Crippen LogP contribution in [0.5, 0.6) is 0 Å². The molecule has 0 aliphatic rings. The van der Waals surface area contributed by atoms with Crippen molar-refractivity contribution in [2.75, 3.05) is 6.54 Å². The van der Waals surface area contributed by atoms with Crippen LogP contribution in [-0.2, 0) is 16.1 Å². The van der Waals surface area contributed by atoms with Gasteiger partial charge in [-0.15, -0.1) is 0 Å². The van der Waals surface area contributed by atoms with Crippen LogP contribution in [0.2, 0.25) is 0 Å². The number of carbonyl (C=O) groups is 2. The molecule has 3 aromatic rings. The van der Waals surface area contributed by atoms with Crippen LogP contribution in [-0.4, -0.2) is 18.4 Å². The van der Waals surface area contributed by atoms with E-state index in [4.69, 9.17) is 4.74 Å². The molecule has 4 nitrogen and oxygen atoms in total. The lowest BCUT2D eigenvalue weighted by Crippen LogP contribution is -2.31. The zero-order valence-corrected chi connectivity index (χ0v) is 13.4. The highest BCUT2D eigenvalue weighted by Gasteiger charge is 2.13. The highest BCUT2D eigenvalue weighted by Crippen LogP contribution is 2.19. The van der Waals surface area contributed by atoms with Crippen molar-refractivity contribution in [1.29, 1.82) is 0 Å². The van der Waals surface area contributed by atoms with Crippen molar-refractivity contribution in [1.82, 2.24) is 5.32 Å². The van der Waals surface area contributed by atoms with E-state index < -0.39 is 17.7 Å². The zero-order chi connectivity index (χ0) is 17.6. The molecule has 3 rings (SSSR count). The van der Waals surface area contributed by atoms with E-state index in [2.05, 4.69) is 5.32 Å². The van der Waals surface area contributed by atoms with Gasteiger partial charge in [0.15, 0.2) is 0 Å². The largest absolute Gasteiger partial charge is 0.459 e. The molecule has 0 unspecified atom stereocenters. The standard InChI is InChI=1S/C20H16FNO3/c21-18-11-4-3-10-17(18)20(24)22-12-19(23)25-13-15-8-5-7-14-6-1-2-9-16(14)15/h1-11H,12-13H2,(H,22,24). The van der Waals surface area contributed by atoms with Crippen molar-refractivity contribution in [3.05, 3.63) is 83.7 Å². The maximum atomic E-state index is 13.5. The minimum absolute atomic E-state index is 0.107. The van der Waals surface area contributed by atoms with Crippen molar-refractivity contribution in [3.8, 4) is 0 Å². The third kappa shape index (κ3) is 4.01. The molecule has 0 aliphatic carbocycles. The quantitative estimate of drug-likeness (QED) is 0.726. The van der Waals surface area contributed by atoms with Gasteiger partial charge in [-0.05, 0) is 28.5 Å². The van der Waals surface area contributed by atoms with Gasteiger partial charge in [0.1, 0.15) is 19.0 Å². The highest BCUT2D eigenvalue weighted by atomic mass is 19.1. The molecule has 0 atom stereocenters. The average molecular weight is 337 g/mol. The first-order chi connectivity index (χ1) is 12.1. The minimum Gasteiger partial charge on any atom is -0.459 e. The summed E-state index contributed by atoms with van der Waals surface area (Å²) in [6, 6.07) is 19.1. The minimum atomic E-state index is -0.653. The van der Waals surface area contributed by atoms with Crippen LogP contribution >= 0.6 is 0 Å². The average Bonchev–Trinajstić information content (AvgIpc) is 2.64. The zero-order valence-electron chi connectivity index (χ0n) is 13.4. The molecule has 0 fully saturated rings. The summed E-state index contributed by atoms with van der Waals surface area (Å²) in [5.41, 5.74) is 0.774. The van der Waals surface area contributed by atoms with Crippen LogP contribution in [0.15, 0.2) is 66.7 Å². The molecule has 5 heteroatoms. The predicted molar refractivity (Wildman–Crippen MR) is 92.5 cm³/mol. The number of halogens is 1.